The summed E-state index contributed by atoms with van der Waals surface area (Å²) >= 11 is 11.9. The van der Waals surface area contributed by atoms with Gasteiger partial charge in [0, 0.05) is 10.6 Å². The molecule has 0 amide bonds. The van der Waals surface area contributed by atoms with Crippen LogP contribution in [-0.4, -0.2) is 16.8 Å². The molecule has 118 valence electrons. The minimum absolute atomic E-state index is 0.0438. The van der Waals surface area contributed by atoms with Crippen molar-refractivity contribution in [3.63, 3.8) is 0 Å². The molecule has 0 spiro atoms. The van der Waals surface area contributed by atoms with Gasteiger partial charge in [0.15, 0.2) is 0 Å². The highest BCUT2D eigenvalue weighted by molar-refractivity contribution is 6.36. The fraction of sp³-hybridized carbons (Fsp3) is 0.0667. The topological polar surface area (TPSA) is 48.2 Å². The molecule has 0 saturated heterocycles. The van der Waals surface area contributed by atoms with Gasteiger partial charge in [-0.1, -0.05) is 40.5 Å². The van der Waals surface area contributed by atoms with Crippen LogP contribution in [-0.2, 0) is 0 Å². The first kappa shape index (κ1) is 15.7. The zero-order chi connectivity index (χ0) is 16.4. The van der Waals surface area contributed by atoms with Crippen molar-refractivity contribution in [1.29, 1.82) is 0 Å². The number of benzene rings is 2. The Hall–Kier alpha value is -2.18. The second-order valence-corrected chi connectivity index (χ2v) is 5.27. The van der Waals surface area contributed by atoms with E-state index in [-0.39, 0.29) is 23.0 Å². The Balaban J connectivity index is 1.99. The van der Waals surface area contributed by atoms with Gasteiger partial charge >= 0.3 is 6.61 Å². The van der Waals surface area contributed by atoms with Gasteiger partial charge in [0.2, 0.25) is 5.82 Å². The van der Waals surface area contributed by atoms with Crippen LogP contribution in [0.25, 0.3) is 22.8 Å². The molecule has 0 bridgehead atoms. The lowest BCUT2D eigenvalue weighted by atomic mass is 10.2. The molecule has 3 aromatic rings. The quantitative estimate of drug-likeness (QED) is 0.635. The molecule has 23 heavy (non-hydrogen) atoms. The Morgan fingerprint density at radius 3 is 2.57 bits per heavy atom. The van der Waals surface area contributed by atoms with Gasteiger partial charge in [-0.05, 0) is 30.3 Å². The van der Waals surface area contributed by atoms with E-state index in [9.17, 15) is 8.78 Å². The van der Waals surface area contributed by atoms with Crippen LogP contribution in [0.5, 0.6) is 5.75 Å². The van der Waals surface area contributed by atoms with E-state index >= 15 is 0 Å². The molecule has 0 radical (unpaired) electrons. The van der Waals surface area contributed by atoms with Gasteiger partial charge in [0.1, 0.15) is 5.75 Å². The number of hydrogen-bond donors (Lipinski definition) is 0. The summed E-state index contributed by atoms with van der Waals surface area (Å²) in [7, 11) is 0. The average Bonchev–Trinajstić information content (AvgIpc) is 2.96. The summed E-state index contributed by atoms with van der Waals surface area (Å²) in [5, 5.41) is 4.64. The van der Waals surface area contributed by atoms with Gasteiger partial charge in [-0.2, -0.15) is 13.8 Å². The monoisotopic (exact) mass is 356 g/mol. The van der Waals surface area contributed by atoms with E-state index < -0.39 is 6.61 Å². The molecule has 2 aromatic carbocycles. The molecule has 0 aliphatic heterocycles. The number of hydrogen-bond acceptors (Lipinski definition) is 4. The molecule has 0 atom stereocenters. The van der Waals surface area contributed by atoms with Crippen molar-refractivity contribution in [1.82, 2.24) is 10.1 Å². The summed E-state index contributed by atoms with van der Waals surface area (Å²) in [5.74, 6) is 0.204. The molecular weight excluding hydrogens is 349 g/mol. The van der Waals surface area contributed by atoms with Crippen LogP contribution < -0.4 is 4.74 Å². The molecule has 0 unspecified atom stereocenters. The third kappa shape index (κ3) is 3.43. The van der Waals surface area contributed by atoms with Crippen LogP contribution in [0.3, 0.4) is 0 Å². The highest BCUT2D eigenvalue weighted by Gasteiger charge is 2.18. The van der Waals surface area contributed by atoms with Crippen molar-refractivity contribution in [2.75, 3.05) is 0 Å². The van der Waals surface area contributed by atoms with Gasteiger partial charge in [-0.15, -0.1) is 0 Å². The number of nitrogens with zero attached hydrogens (tertiary/aromatic N) is 2. The van der Waals surface area contributed by atoms with Crippen LogP contribution in [0, 0.1) is 0 Å². The predicted molar refractivity (Wildman–Crippen MR) is 81.8 cm³/mol. The third-order valence-electron chi connectivity index (χ3n) is 2.93. The Morgan fingerprint density at radius 1 is 1.04 bits per heavy atom. The second kappa shape index (κ2) is 6.52. The molecule has 0 fully saturated rings. The standard InChI is InChI=1S/C15H8Cl2F2N2O2/c16-8-5-6-9(11(17)7-8)13-20-14(23-21-13)10-3-1-2-4-12(10)22-15(18)19/h1-7,15H. The third-order valence-corrected chi connectivity index (χ3v) is 3.48. The van der Waals surface area contributed by atoms with Gasteiger partial charge in [0.25, 0.3) is 5.89 Å². The number of rotatable bonds is 4. The Bertz CT molecular complexity index is 840. The summed E-state index contributed by atoms with van der Waals surface area (Å²) in [6.07, 6.45) is 0. The van der Waals surface area contributed by atoms with E-state index in [1.54, 1.807) is 36.4 Å². The molecule has 1 heterocycles. The highest BCUT2D eigenvalue weighted by atomic mass is 35.5. The largest absolute Gasteiger partial charge is 0.434 e. The van der Waals surface area contributed by atoms with Crippen LogP contribution >= 0.6 is 23.2 Å². The molecule has 8 heteroatoms. The summed E-state index contributed by atoms with van der Waals surface area (Å²) in [6.45, 7) is -2.95. The first-order valence-corrected chi connectivity index (χ1v) is 7.13. The van der Waals surface area contributed by atoms with Crippen molar-refractivity contribution < 1.29 is 18.0 Å². The van der Waals surface area contributed by atoms with E-state index in [0.717, 1.165) is 0 Å². The Labute approximate surface area is 139 Å². The predicted octanol–water partition coefficient (Wildman–Crippen LogP) is 5.31. The van der Waals surface area contributed by atoms with Gasteiger partial charge < -0.3 is 9.26 Å². The Morgan fingerprint density at radius 2 is 1.83 bits per heavy atom. The lowest BCUT2D eigenvalue weighted by Gasteiger charge is -2.06. The molecule has 0 aliphatic rings. The van der Waals surface area contributed by atoms with Crippen molar-refractivity contribution in [3.05, 3.63) is 52.5 Å². The summed E-state index contributed by atoms with van der Waals surface area (Å²) in [4.78, 5) is 4.18. The van der Waals surface area contributed by atoms with Gasteiger partial charge in [0.05, 0.1) is 10.6 Å². The summed E-state index contributed by atoms with van der Waals surface area (Å²) in [5.41, 5.74) is 0.773. The first-order valence-electron chi connectivity index (χ1n) is 6.38. The zero-order valence-corrected chi connectivity index (χ0v) is 12.9. The second-order valence-electron chi connectivity index (χ2n) is 4.42. The molecular formula is C15H8Cl2F2N2O2. The number of para-hydroxylation sites is 1. The van der Waals surface area contributed by atoms with E-state index in [4.69, 9.17) is 27.7 Å². The number of alkyl halides is 2. The van der Waals surface area contributed by atoms with Crippen LogP contribution in [0.4, 0.5) is 8.78 Å². The molecule has 0 N–H and O–H groups in total. The maximum atomic E-state index is 12.5. The van der Waals surface area contributed by atoms with E-state index in [2.05, 4.69) is 14.9 Å². The van der Waals surface area contributed by atoms with E-state index in [1.165, 1.54) is 6.07 Å². The fourth-order valence-electron chi connectivity index (χ4n) is 1.96. The number of aromatic nitrogens is 2. The van der Waals surface area contributed by atoms with Crippen LogP contribution in [0.2, 0.25) is 10.0 Å². The average molecular weight is 357 g/mol. The van der Waals surface area contributed by atoms with Crippen LogP contribution in [0.15, 0.2) is 47.0 Å². The molecule has 4 nitrogen and oxygen atoms in total. The van der Waals surface area contributed by atoms with Gasteiger partial charge in [-0.25, -0.2) is 0 Å². The highest BCUT2D eigenvalue weighted by Crippen LogP contribution is 2.33. The SMILES string of the molecule is FC(F)Oc1ccccc1-c1nc(-c2ccc(Cl)cc2Cl)no1. The lowest BCUT2D eigenvalue weighted by Crippen LogP contribution is -2.03. The minimum atomic E-state index is -2.95. The van der Waals surface area contributed by atoms with Gasteiger partial charge in [-0.3, -0.25) is 0 Å². The maximum Gasteiger partial charge on any atom is 0.387 e. The van der Waals surface area contributed by atoms with Crippen molar-refractivity contribution in [3.8, 4) is 28.6 Å². The molecule has 3 rings (SSSR count). The number of ether oxygens (including phenoxy) is 1. The minimum Gasteiger partial charge on any atom is -0.434 e. The van der Waals surface area contributed by atoms with E-state index in [1.807, 2.05) is 0 Å². The molecule has 1 aromatic heterocycles. The Kier molecular flexibility index (Phi) is 4.45. The van der Waals surface area contributed by atoms with Crippen molar-refractivity contribution in [2.45, 2.75) is 6.61 Å². The summed E-state index contributed by atoms with van der Waals surface area (Å²) in [6, 6.07) is 11.0. The fourth-order valence-corrected chi connectivity index (χ4v) is 2.45. The zero-order valence-electron chi connectivity index (χ0n) is 11.3. The normalized spacial score (nSPS) is 11.0. The van der Waals surface area contributed by atoms with Crippen molar-refractivity contribution >= 4 is 23.2 Å². The summed E-state index contributed by atoms with van der Waals surface area (Å²) < 4.78 is 34.5. The van der Waals surface area contributed by atoms with Crippen LogP contribution in [0.1, 0.15) is 0 Å². The van der Waals surface area contributed by atoms with Crippen molar-refractivity contribution in [2.24, 2.45) is 0 Å². The number of halogens is 4. The lowest BCUT2D eigenvalue weighted by molar-refractivity contribution is -0.0495. The van der Waals surface area contributed by atoms with E-state index in [0.29, 0.717) is 15.6 Å². The smallest absolute Gasteiger partial charge is 0.387 e. The maximum absolute atomic E-state index is 12.5. The molecule has 0 saturated carbocycles. The molecule has 0 aliphatic carbocycles. The first-order chi connectivity index (χ1) is 11.0.